The van der Waals surface area contributed by atoms with Gasteiger partial charge in [-0.1, -0.05) is 42.5 Å². The summed E-state index contributed by atoms with van der Waals surface area (Å²) in [5.41, 5.74) is 0.946. The molecule has 7 nitrogen and oxygen atoms in total. The number of nitrogens with one attached hydrogen (secondary N) is 2. The van der Waals surface area contributed by atoms with Crippen molar-refractivity contribution in [1.29, 1.82) is 0 Å². The van der Waals surface area contributed by atoms with Gasteiger partial charge in [0.1, 0.15) is 17.8 Å². The van der Waals surface area contributed by atoms with Crippen LogP contribution in [0.3, 0.4) is 0 Å². The second-order valence-electron chi connectivity index (χ2n) is 7.70. The molecule has 1 fully saturated rings. The van der Waals surface area contributed by atoms with Crippen LogP contribution in [0, 0.1) is 0 Å². The fourth-order valence-electron chi connectivity index (χ4n) is 3.50. The molecule has 0 saturated carbocycles. The van der Waals surface area contributed by atoms with Crippen LogP contribution in [0.4, 0.5) is 4.79 Å². The molecule has 3 rings (SSSR count). The van der Waals surface area contributed by atoms with Gasteiger partial charge >= 0.3 is 6.03 Å². The average molecular weight is 409 g/mol. The van der Waals surface area contributed by atoms with E-state index in [9.17, 15) is 14.4 Å². The van der Waals surface area contributed by atoms with Crippen molar-refractivity contribution in [3.63, 3.8) is 0 Å². The molecule has 2 aromatic carbocycles. The quantitative estimate of drug-likeness (QED) is 0.657. The predicted octanol–water partition coefficient (Wildman–Crippen LogP) is 2.82. The van der Waals surface area contributed by atoms with E-state index in [0.717, 1.165) is 21.8 Å². The van der Waals surface area contributed by atoms with Crippen molar-refractivity contribution >= 4 is 17.8 Å². The number of benzene rings is 2. The molecule has 0 aliphatic carbocycles. The third kappa shape index (κ3) is 4.79. The highest BCUT2D eigenvalue weighted by molar-refractivity contribution is 6.08. The molecule has 158 valence electrons. The number of imide groups is 1. The minimum absolute atomic E-state index is 0.221. The third-order valence-electron chi connectivity index (χ3n) is 5.40. The summed E-state index contributed by atoms with van der Waals surface area (Å²) < 4.78 is 5.15. The molecule has 30 heavy (non-hydrogen) atoms. The summed E-state index contributed by atoms with van der Waals surface area (Å²) >= 11 is 0. The van der Waals surface area contributed by atoms with Gasteiger partial charge in [0.2, 0.25) is 5.91 Å². The highest BCUT2D eigenvalue weighted by atomic mass is 16.5. The van der Waals surface area contributed by atoms with Crippen LogP contribution in [0.25, 0.3) is 0 Å². The van der Waals surface area contributed by atoms with Crippen molar-refractivity contribution in [2.24, 2.45) is 0 Å². The Balaban J connectivity index is 1.58. The maximum absolute atomic E-state index is 12.9. The van der Waals surface area contributed by atoms with Crippen molar-refractivity contribution in [3.8, 4) is 5.75 Å². The lowest BCUT2D eigenvalue weighted by Gasteiger charge is -2.22. The molecule has 1 aliphatic rings. The van der Waals surface area contributed by atoms with Gasteiger partial charge in [-0.2, -0.15) is 0 Å². The molecule has 2 aromatic rings. The van der Waals surface area contributed by atoms with E-state index in [4.69, 9.17) is 4.74 Å². The van der Waals surface area contributed by atoms with Crippen LogP contribution >= 0.6 is 0 Å². The number of amides is 4. The van der Waals surface area contributed by atoms with Crippen LogP contribution in [0.2, 0.25) is 0 Å². The highest BCUT2D eigenvalue weighted by Gasteiger charge is 2.47. The first kappa shape index (κ1) is 21.4. The first-order valence-corrected chi connectivity index (χ1v) is 9.94. The Kier molecular flexibility index (Phi) is 6.40. The summed E-state index contributed by atoms with van der Waals surface area (Å²) in [6, 6.07) is 16.3. The second kappa shape index (κ2) is 8.98. The zero-order chi connectivity index (χ0) is 21.7. The lowest BCUT2D eigenvalue weighted by molar-refractivity contribution is -0.134. The summed E-state index contributed by atoms with van der Waals surface area (Å²) in [5.74, 6) is -0.00471. The van der Waals surface area contributed by atoms with E-state index in [1.807, 2.05) is 61.5 Å². The molecule has 0 spiro atoms. The average Bonchev–Trinajstić information content (AvgIpc) is 2.96. The smallest absolute Gasteiger partial charge is 0.325 e. The van der Waals surface area contributed by atoms with E-state index in [2.05, 4.69) is 10.6 Å². The number of hydrogen-bond donors (Lipinski definition) is 2. The normalized spacial score (nSPS) is 19.4. The number of carbonyl (C=O) groups is 3. The van der Waals surface area contributed by atoms with Crippen molar-refractivity contribution in [1.82, 2.24) is 15.5 Å². The number of methoxy groups -OCH3 is 1. The van der Waals surface area contributed by atoms with E-state index in [-0.39, 0.29) is 24.4 Å². The first-order chi connectivity index (χ1) is 14.3. The summed E-state index contributed by atoms with van der Waals surface area (Å²) in [4.78, 5) is 38.7. The van der Waals surface area contributed by atoms with Crippen molar-refractivity contribution < 1.29 is 19.1 Å². The van der Waals surface area contributed by atoms with Crippen LogP contribution in [0.5, 0.6) is 5.75 Å². The maximum Gasteiger partial charge on any atom is 0.325 e. The van der Waals surface area contributed by atoms with Crippen LogP contribution in [-0.4, -0.2) is 41.9 Å². The Hall–Kier alpha value is -3.35. The minimum atomic E-state index is -1.04. The van der Waals surface area contributed by atoms with Crippen LogP contribution in [-0.2, 0) is 16.0 Å². The number of ether oxygens (including phenoxy) is 1. The van der Waals surface area contributed by atoms with Crippen LogP contribution in [0.1, 0.15) is 37.4 Å². The number of rotatable bonds is 8. The number of carbonyl (C=O) groups excluding carboxylic acids is 3. The fourth-order valence-corrected chi connectivity index (χ4v) is 3.50. The van der Waals surface area contributed by atoms with Gasteiger partial charge in [0.15, 0.2) is 0 Å². The zero-order valence-electron chi connectivity index (χ0n) is 17.5. The van der Waals surface area contributed by atoms with E-state index >= 15 is 0 Å². The fraction of sp³-hybridized carbons (Fsp3) is 0.348. The topological polar surface area (TPSA) is 87.7 Å². The second-order valence-corrected chi connectivity index (χ2v) is 7.70. The lowest BCUT2D eigenvalue weighted by Crippen LogP contribution is -2.45. The molecule has 1 saturated heterocycles. The summed E-state index contributed by atoms with van der Waals surface area (Å²) in [5, 5.41) is 5.58. The largest absolute Gasteiger partial charge is 0.497 e. The van der Waals surface area contributed by atoms with Gasteiger partial charge in [-0.25, -0.2) is 4.79 Å². The SMILES string of the molecule is COc1ccc(CC[C@@]2(C)NC(=O)N(CC(=O)N[C@H](C)c3ccccc3)C2=O)cc1. The first-order valence-electron chi connectivity index (χ1n) is 9.94. The Morgan fingerprint density at radius 3 is 2.43 bits per heavy atom. The number of aryl methyl sites for hydroxylation is 1. The standard InChI is InChI=1S/C23H27N3O4/c1-16(18-7-5-4-6-8-18)24-20(27)15-26-21(28)23(2,25-22(26)29)14-13-17-9-11-19(30-3)12-10-17/h4-12,16H,13-15H2,1-3H3,(H,24,27)(H,25,29)/t16-,23-/m1/s1. The molecular formula is C23H27N3O4. The molecule has 7 heteroatoms. The molecule has 2 atom stereocenters. The number of urea groups is 1. The van der Waals surface area contributed by atoms with Gasteiger partial charge in [-0.05, 0) is 49.9 Å². The molecule has 0 aromatic heterocycles. The van der Waals surface area contributed by atoms with E-state index in [1.54, 1.807) is 14.0 Å². The molecule has 4 amide bonds. The maximum atomic E-state index is 12.9. The van der Waals surface area contributed by atoms with Gasteiger partial charge in [0.05, 0.1) is 13.2 Å². The third-order valence-corrected chi connectivity index (χ3v) is 5.40. The molecule has 0 radical (unpaired) electrons. The summed E-state index contributed by atoms with van der Waals surface area (Å²) in [7, 11) is 1.61. The molecule has 0 bridgehead atoms. The lowest BCUT2D eigenvalue weighted by atomic mass is 9.93. The molecular weight excluding hydrogens is 382 g/mol. The molecule has 2 N–H and O–H groups in total. The Morgan fingerprint density at radius 1 is 1.13 bits per heavy atom. The highest BCUT2D eigenvalue weighted by Crippen LogP contribution is 2.24. The Labute approximate surface area is 176 Å². The monoisotopic (exact) mass is 409 g/mol. The van der Waals surface area contributed by atoms with E-state index in [1.165, 1.54) is 0 Å². The van der Waals surface area contributed by atoms with Crippen molar-refractivity contribution in [2.75, 3.05) is 13.7 Å². The number of nitrogens with zero attached hydrogens (tertiary/aromatic N) is 1. The van der Waals surface area contributed by atoms with Gasteiger partial charge in [-0.15, -0.1) is 0 Å². The molecule has 0 unspecified atom stereocenters. The van der Waals surface area contributed by atoms with E-state index < -0.39 is 11.6 Å². The predicted molar refractivity (Wildman–Crippen MR) is 113 cm³/mol. The Bertz CT molecular complexity index is 914. The molecule has 1 aliphatic heterocycles. The zero-order valence-corrected chi connectivity index (χ0v) is 17.5. The van der Waals surface area contributed by atoms with Crippen LogP contribution < -0.4 is 15.4 Å². The summed E-state index contributed by atoms with van der Waals surface area (Å²) in [6.45, 7) is 3.25. The summed E-state index contributed by atoms with van der Waals surface area (Å²) in [6.07, 6.45) is 1.04. The van der Waals surface area contributed by atoms with Gasteiger partial charge in [-0.3, -0.25) is 14.5 Å². The minimum Gasteiger partial charge on any atom is -0.497 e. The van der Waals surface area contributed by atoms with Gasteiger partial charge in [0.25, 0.3) is 5.91 Å². The van der Waals surface area contributed by atoms with Gasteiger partial charge in [0, 0.05) is 0 Å². The van der Waals surface area contributed by atoms with Crippen molar-refractivity contribution in [3.05, 3.63) is 65.7 Å². The van der Waals surface area contributed by atoms with Gasteiger partial charge < -0.3 is 15.4 Å². The number of hydrogen-bond acceptors (Lipinski definition) is 4. The van der Waals surface area contributed by atoms with E-state index in [0.29, 0.717) is 12.8 Å². The van der Waals surface area contributed by atoms with Crippen molar-refractivity contribution in [2.45, 2.75) is 38.3 Å². The molecule has 1 heterocycles. The van der Waals surface area contributed by atoms with Crippen LogP contribution in [0.15, 0.2) is 54.6 Å². The Morgan fingerprint density at radius 2 is 1.80 bits per heavy atom.